The standard InChI is InChI=1S/C18H28FNO/c1-4-13-8-6-9-14(12-13)18(20-5-2)15-10-7-11-16(21-3)17(15)19/h7,10-11,13-14,18,20H,4-6,8-9,12H2,1-3H3. The topological polar surface area (TPSA) is 21.3 Å². The molecule has 0 spiro atoms. The predicted molar refractivity (Wildman–Crippen MR) is 85.1 cm³/mol. The molecule has 1 aliphatic rings. The van der Waals surface area contributed by atoms with Crippen molar-refractivity contribution in [2.75, 3.05) is 13.7 Å². The molecule has 3 heteroatoms. The van der Waals surface area contributed by atoms with Crippen LogP contribution in [0.3, 0.4) is 0 Å². The third-order valence-corrected chi connectivity index (χ3v) is 4.84. The second-order valence-corrected chi connectivity index (χ2v) is 6.10. The van der Waals surface area contributed by atoms with E-state index < -0.39 is 0 Å². The number of ether oxygens (including phenoxy) is 1. The van der Waals surface area contributed by atoms with E-state index >= 15 is 0 Å². The Morgan fingerprint density at radius 2 is 2.14 bits per heavy atom. The fraction of sp³-hybridized carbons (Fsp3) is 0.667. The van der Waals surface area contributed by atoms with Crippen LogP contribution in [-0.2, 0) is 0 Å². The lowest BCUT2D eigenvalue weighted by molar-refractivity contribution is 0.207. The second kappa shape index (κ2) is 7.79. The van der Waals surface area contributed by atoms with E-state index in [0.717, 1.165) is 18.0 Å². The van der Waals surface area contributed by atoms with E-state index in [-0.39, 0.29) is 11.9 Å². The highest BCUT2D eigenvalue weighted by molar-refractivity contribution is 5.33. The van der Waals surface area contributed by atoms with E-state index in [4.69, 9.17) is 4.74 Å². The van der Waals surface area contributed by atoms with Crippen molar-refractivity contribution in [1.29, 1.82) is 0 Å². The number of hydrogen-bond acceptors (Lipinski definition) is 2. The zero-order valence-corrected chi connectivity index (χ0v) is 13.5. The largest absolute Gasteiger partial charge is 0.494 e. The molecule has 1 aromatic rings. The van der Waals surface area contributed by atoms with E-state index in [0.29, 0.717) is 11.7 Å². The van der Waals surface area contributed by atoms with E-state index in [1.807, 2.05) is 12.1 Å². The van der Waals surface area contributed by atoms with E-state index in [1.54, 1.807) is 6.07 Å². The first kappa shape index (κ1) is 16.3. The zero-order valence-electron chi connectivity index (χ0n) is 13.5. The summed E-state index contributed by atoms with van der Waals surface area (Å²) in [5.74, 6) is 1.45. The van der Waals surface area contributed by atoms with Crippen LogP contribution in [0, 0.1) is 17.7 Å². The molecular formula is C18H28FNO. The Hall–Kier alpha value is -1.09. The first-order valence-corrected chi connectivity index (χ1v) is 8.27. The highest BCUT2D eigenvalue weighted by Gasteiger charge is 2.30. The smallest absolute Gasteiger partial charge is 0.169 e. The molecule has 3 unspecified atom stereocenters. The molecule has 21 heavy (non-hydrogen) atoms. The maximum atomic E-state index is 14.6. The average Bonchev–Trinajstić information content (AvgIpc) is 2.53. The Labute approximate surface area is 128 Å². The molecule has 0 amide bonds. The van der Waals surface area contributed by atoms with Gasteiger partial charge in [0.15, 0.2) is 11.6 Å². The van der Waals surface area contributed by atoms with Crippen molar-refractivity contribution < 1.29 is 9.13 Å². The monoisotopic (exact) mass is 293 g/mol. The van der Waals surface area contributed by atoms with Gasteiger partial charge in [0.2, 0.25) is 0 Å². The predicted octanol–water partition coefficient (Wildman–Crippen LogP) is 4.70. The summed E-state index contributed by atoms with van der Waals surface area (Å²) in [6.07, 6.45) is 6.20. The molecule has 3 atom stereocenters. The third-order valence-electron chi connectivity index (χ3n) is 4.84. The molecule has 2 rings (SSSR count). The van der Waals surface area contributed by atoms with Crippen molar-refractivity contribution in [2.45, 2.75) is 52.0 Å². The van der Waals surface area contributed by atoms with Crippen LogP contribution in [-0.4, -0.2) is 13.7 Å². The van der Waals surface area contributed by atoms with Crippen LogP contribution < -0.4 is 10.1 Å². The van der Waals surface area contributed by atoms with Crippen molar-refractivity contribution in [3.8, 4) is 5.75 Å². The Balaban J connectivity index is 2.26. The van der Waals surface area contributed by atoms with Crippen LogP contribution in [0.2, 0.25) is 0 Å². The summed E-state index contributed by atoms with van der Waals surface area (Å²) >= 11 is 0. The van der Waals surface area contributed by atoms with Crippen molar-refractivity contribution in [3.63, 3.8) is 0 Å². The normalized spacial score (nSPS) is 23.8. The van der Waals surface area contributed by atoms with Crippen LogP contribution >= 0.6 is 0 Å². The molecule has 0 aliphatic heterocycles. The summed E-state index contributed by atoms with van der Waals surface area (Å²) in [4.78, 5) is 0. The second-order valence-electron chi connectivity index (χ2n) is 6.10. The summed E-state index contributed by atoms with van der Waals surface area (Å²) < 4.78 is 19.8. The third kappa shape index (κ3) is 3.76. The van der Waals surface area contributed by atoms with Gasteiger partial charge in [0.05, 0.1) is 7.11 Å². The van der Waals surface area contributed by atoms with Gasteiger partial charge in [0, 0.05) is 11.6 Å². The van der Waals surface area contributed by atoms with Crippen molar-refractivity contribution in [3.05, 3.63) is 29.6 Å². The Morgan fingerprint density at radius 3 is 2.81 bits per heavy atom. The summed E-state index contributed by atoms with van der Waals surface area (Å²) in [6.45, 7) is 5.21. The van der Waals surface area contributed by atoms with E-state index in [9.17, 15) is 4.39 Å². The fourth-order valence-electron chi connectivity index (χ4n) is 3.68. The van der Waals surface area contributed by atoms with Gasteiger partial charge >= 0.3 is 0 Å². The Kier molecular flexibility index (Phi) is 6.04. The maximum Gasteiger partial charge on any atom is 0.169 e. The fourth-order valence-corrected chi connectivity index (χ4v) is 3.68. The van der Waals surface area contributed by atoms with Crippen molar-refractivity contribution >= 4 is 0 Å². The first-order chi connectivity index (χ1) is 10.2. The number of hydrogen-bond donors (Lipinski definition) is 1. The van der Waals surface area contributed by atoms with Gasteiger partial charge in [-0.3, -0.25) is 0 Å². The van der Waals surface area contributed by atoms with E-state index in [1.165, 1.54) is 39.2 Å². The minimum absolute atomic E-state index is 0.0967. The van der Waals surface area contributed by atoms with Gasteiger partial charge in [0.1, 0.15) is 0 Å². The lowest BCUT2D eigenvalue weighted by Crippen LogP contribution is -2.32. The molecule has 0 radical (unpaired) electrons. The van der Waals surface area contributed by atoms with Gasteiger partial charge in [-0.1, -0.05) is 45.2 Å². The lowest BCUT2D eigenvalue weighted by atomic mass is 9.75. The van der Waals surface area contributed by atoms with Gasteiger partial charge in [-0.05, 0) is 37.3 Å². The molecule has 0 bridgehead atoms. The van der Waals surface area contributed by atoms with Gasteiger partial charge in [0.25, 0.3) is 0 Å². The number of rotatable bonds is 6. The molecular weight excluding hydrogens is 265 g/mol. The number of methoxy groups -OCH3 is 1. The summed E-state index contributed by atoms with van der Waals surface area (Å²) in [7, 11) is 1.53. The minimum Gasteiger partial charge on any atom is -0.494 e. The van der Waals surface area contributed by atoms with Crippen molar-refractivity contribution in [1.82, 2.24) is 5.32 Å². The van der Waals surface area contributed by atoms with Crippen molar-refractivity contribution in [2.24, 2.45) is 11.8 Å². The molecule has 0 aromatic heterocycles. The van der Waals surface area contributed by atoms with Crippen LogP contribution in [0.1, 0.15) is 57.6 Å². The molecule has 2 nitrogen and oxygen atoms in total. The minimum atomic E-state index is -0.204. The average molecular weight is 293 g/mol. The molecule has 1 N–H and O–H groups in total. The summed E-state index contributed by atoms with van der Waals surface area (Å²) in [5, 5.41) is 3.51. The Bertz CT molecular complexity index is 449. The molecule has 0 saturated heterocycles. The highest BCUT2D eigenvalue weighted by atomic mass is 19.1. The number of halogens is 1. The van der Waals surface area contributed by atoms with Gasteiger partial charge in [-0.2, -0.15) is 0 Å². The summed E-state index contributed by atoms with van der Waals surface area (Å²) in [5.41, 5.74) is 0.762. The van der Waals surface area contributed by atoms with Crippen LogP contribution in [0.4, 0.5) is 4.39 Å². The first-order valence-electron chi connectivity index (χ1n) is 8.27. The van der Waals surface area contributed by atoms with Crippen LogP contribution in [0.5, 0.6) is 5.75 Å². The lowest BCUT2D eigenvalue weighted by Gasteiger charge is -2.35. The summed E-state index contributed by atoms with van der Waals surface area (Å²) in [6, 6.07) is 5.58. The molecule has 1 aliphatic carbocycles. The zero-order chi connectivity index (χ0) is 15.2. The molecule has 1 fully saturated rings. The van der Waals surface area contributed by atoms with Gasteiger partial charge < -0.3 is 10.1 Å². The van der Waals surface area contributed by atoms with E-state index in [2.05, 4.69) is 19.2 Å². The number of benzene rings is 1. The molecule has 1 saturated carbocycles. The SMILES string of the molecule is CCNC(c1cccc(OC)c1F)C1CCCC(CC)C1. The number of nitrogens with one attached hydrogen (secondary N) is 1. The quantitative estimate of drug-likeness (QED) is 0.820. The molecule has 118 valence electrons. The highest BCUT2D eigenvalue weighted by Crippen LogP contribution is 2.40. The maximum absolute atomic E-state index is 14.6. The van der Waals surface area contributed by atoms with Crippen LogP contribution in [0.15, 0.2) is 18.2 Å². The van der Waals surface area contributed by atoms with Gasteiger partial charge in [-0.15, -0.1) is 0 Å². The van der Waals surface area contributed by atoms with Gasteiger partial charge in [-0.25, -0.2) is 4.39 Å². The molecule has 0 heterocycles. The Morgan fingerprint density at radius 1 is 1.33 bits per heavy atom. The molecule has 1 aromatic carbocycles. The van der Waals surface area contributed by atoms with Crippen LogP contribution in [0.25, 0.3) is 0 Å².